The van der Waals surface area contributed by atoms with Gasteiger partial charge in [-0.15, -0.1) is 0 Å². The third-order valence-corrected chi connectivity index (χ3v) is 3.54. The predicted octanol–water partition coefficient (Wildman–Crippen LogP) is 1.45. The molecule has 1 aliphatic rings. The monoisotopic (exact) mass is 248 g/mol. The summed E-state index contributed by atoms with van der Waals surface area (Å²) < 4.78 is 0. The molecule has 1 aromatic rings. The fourth-order valence-electron chi connectivity index (χ4n) is 2.36. The van der Waals surface area contributed by atoms with Crippen LogP contribution in [-0.4, -0.2) is 48.7 Å². The van der Waals surface area contributed by atoms with E-state index in [0.29, 0.717) is 6.54 Å². The summed E-state index contributed by atoms with van der Waals surface area (Å²) in [7, 11) is 1.97. The molecule has 1 saturated heterocycles. The second-order valence-corrected chi connectivity index (χ2v) is 4.83. The lowest BCUT2D eigenvalue weighted by Crippen LogP contribution is -2.55. The van der Waals surface area contributed by atoms with Crippen LogP contribution in [0, 0.1) is 0 Å². The molecule has 0 aliphatic carbocycles. The molecular formula is C14H20N2O2. The topological polar surface area (TPSA) is 43.8 Å². The average molecular weight is 248 g/mol. The van der Waals surface area contributed by atoms with E-state index in [1.54, 1.807) is 0 Å². The van der Waals surface area contributed by atoms with E-state index in [2.05, 4.69) is 24.0 Å². The number of carboxylic acids is 1. The Morgan fingerprint density at radius 2 is 2.00 bits per heavy atom. The number of benzene rings is 1. The molecule has 1 unspecified atom stereocenters. The zero-order valence-corrected chi connectivity index (χ0v) is 11.0. The van der Waals surface area contributed by atoms with Gasteiger partial charge >= 0.3 is 5.97 Å². The average Bonchev–Trinajstić information content (AvgIpc) is 2.39. The van der Waals surface area contributed by atoms with E-state index in [1.807, 2.05) is 24.1 Å². The molecule has 1 aromatic carbocycles. The van der Waals surface area contributed by atoms with Crippen molar-refractivity contribution in [2.24, 2.45) is 0 Å². The molecule has 0 radical (unpaired) electrons. The Kier molecular flexibility index (Phi) is 3.87. The van der Waals surface area contributed by atoms with Gasteiger partial charge in [-0.25, -0.2) is 4.79 Å². The number of carboxylic acid groups (broad SMARTS) is 1. The van der Waals surface area contributed by atoms with Crippen molar-refractivity contribution in [3.8, 4) is 0 Å². The summed E-state index contributed by atoms with van der Waals surface area (Å²) in [6.07, 6.45) is 1.01. The number of anilines is 1. The van der Waals surface area contributed by atoms with Crippen LogP contribution in [-0.2, 0) is 11.2 Å². The first-order chi connectivity index (χ1) is 8.61. The maximum atomic E-state index is 11.3. The van der Waals surface area contributed by atoms with Crippen LogP contribution in [0.5, 0.6) is 0 Å². The fourth-order valence-corrected chi connectivity index (χ4v) is 2.36. The molecule has 0 aromatic heterocycles. The largest absolute Gasteiger partial charge is 0.480 e. The smallest absolute Gasteiger partial charge is 0.327 e. The molecule has 0 bridgehead atoms. The summed E-state index contributed by atoms with van der Waals surface area (Å²) in [5.74, 6) is -0.749. The predicted molar refractivity (Wildman–Crippen MR) is 72.1 cm³/mol. The van der Waals surface area contributed by atoms with Gasteiger partial charge in [0.2, 0.25) is 0 Å². The number of piperazine rings is 1. The van der Waals surface area contributed by atoms with Crippen molar-refractivity contribution >= 4 is 11.7 Å². The quantitative estimate of drug-likeness (QED) is 0.879. The van der Waals surface area contributed by atoms with Gasteiger partial charge in [-0.05, 0) is 31.2 Å². The van der Waals surface area contributed by atoms with E-state index >= 15 is 0 Å². The molecule has 18 heavy (non-hydrogen) atoms. The van der Waals surface area contributed by atoms with Crippen LogP contribution in [0.4, 0.5) is 5.69 Å². The van der Waals surface area contributed by atoms with Crippen LogP contribution in [0.25, 0.3) is 0 Å². The van der Waals surface area contributed by atoms with Crippen LogP contribution < -0.4 is 4.90 Å². The standard InChI is InChI=1S/C14H20N2O2/c1-3-11-4-6-12(7-5-11)16-9-8-15(2)10-13(16)14(17)18/h4-7,13H,3,8-10H2,1-2H3,(H,17,18). The summed E-state index contributed by atoms with van der Waals surface area (Å²) in [5, 5.41) is 9.32. The first-order valence-corrected chi connectivity index (χ1v) is 6.38. The van der Waals surface area contributed by atoms with E-state index in [-0.39, 0.29) is 0 Å². The first-order valence-electron chi connectivity index (χ1n) is 6.38. The van der Waals surface area contributed by atoms with E-state index in [0.717, 1.165) is 25.2 Å². The minimum Gasteiger partial charge on any atom is -0.480 e. The number of rotatable bonds is 3. The number of aryl methyl sites for hydroxylation is 1. The minimum atomic E-state index is -0.749. The second kappa shape index (κ2) is 5.40. The van der Waals surface area contributed by atoms with Crippen molar-refractivity contribution in [2.75, 3.05) is 31.6 Å². The van der Waals surface area contributed by atoms with E-state index in [9.17, 15) is 9.90 Å². The minimum absolute atomic E-state index is 0.448. The SMILES string of the molecule is CCc1ccc(N2CCN(C)CC2C(=O)O)cc1. The normalized spacial score (nSPS) is 21.0. The molecule has 2 rings (SSSR count). The zero-order valence-electron chi connectivity index (χ0n) is 11.0. The fraction of sp³-hybridized carbons (Fsp3) is 0.500. The molecule has 0 saturated carbocycles. The van der Waals surface area contributed by atoms with Gasteiger partial charge in [0.25, 0.3) is 0 Å². The number of hydrogen-bond acceptors (Lipinski definition) is 3. The van der Waals surface area contributed by atoms with Crippen molar-refractivity contribution in [1.82, 2.24) is 4.90 Å². The van der Waals surface area contributed by atoms with Crippen molar-refractivity contribution in [1.29, 1.82) is 0 Å². The van der Waals surface area contributed by atoms with Gasteiger partial charge in [-0.3, -0.25) is 0 Å². The highest BCUT2D eigenvalue weighted by atomic mass is 16.4. The van der Waals surface area contributed by atoms with E-state index < -0.39 is 12.0 Å². The summed E-state index contributed by atoms with van der Waals surface area (Å²) in [6, 6.07) is 7.76. The van der Waals surface area contributed by atoms with Crippen molar-refractivity contribution in [3.63, 3.8) is 0 Å². The highest BCUT2D eigenvalue weighted by molar-refractivity contribution is 5.79. The molecule has 4 heteroatoms. The van der Waals surface area contributed by atoms with Crippen molar-refractivity contribution in [3.05, 3.63) is 29.8 Å². The highest BCUT2D eigenvalue weighted by Crippen LogP contribution is 2.21. The van der Waals surface area contributed by atoms with Crippen molar-refractivity contribution < 1.29 is 9.90 Å². The number of nitrogens with zero attached hydrogens (tertiary/aromatic N) is 2. The summed E-state index contributed by atoms with van der Waals surface area (Å²) in [5.41, 5.74) is 2.28. The van der Waals surface area contributed by atoms with Crippen LogP contribution in [0.3, 0.4) is 0 Å². The van der Waals surface area contributed by atoms with Gasteiger partial charge in [0, 0.05) is 25.3 Å². The summed E-state index contributed by atoms with van der Waals surface area (Å²) in [4.78, 5) is 15.4. The Morgan fingerprint density at radius 1 is 1.33 bits per heavy atom. The Balaban J connectivity index is 2.20. The maximum Gasteiger partial charge on any atom is 0.327 e. The van der Waals surface area contributed by atoms with Crippen molar-refractivity contribution in [2.45, 2.75) is 19.4 Å². The highest BCUT2D eigenvalue weighted by Gasteiger charge is 2.30. The Morgan fingerprint density at radius 3 is 2.56 bits per heavy atom. The van der Waals surface area contributed by atoms with Gasteiger partial charge in [0.1, 0.15) is 6.04 Å². The van der Waals surface area contributed by atoms with Crippen LogP contribution in [0.2, 0.25) is 0 Å². The molecular weight excluding hydrogens is 228 g/mol. The molecule has 0 amide bonds. The Hall–Kier alpha value is -1.55. The van der Waals surface area contributed by atoms with Gasteiger partial charge in [0.05, 0.1) is 0 Å². The number of hydrogen-bond donors (Lipinski definition) is 1. The van der Waals surface area contributed by atoms with Gasteiger partial charge in [-0.2, -0.15) is 0 Å². The van der Waals surface area contributed by atoms with Crippen LogP contribution in [0.1, 0.15) is 12.5 Å². The molecule has 1 atom stereocenters. The van der Waals surface area contributed by atoms with Crippen LogP contribution in [0.15, 0.2) is 24.3 Å². The molecule has 1 aliphatic heterocycles. The van der Waals surface area contributed by atoms with Gasteiger partial charge in [-0.1, -0.05) is 19.1 Å². The number of aliphatic carboxylic acids is 1. The number of likely N-dealkylation sites (N-methyl/N-ethyl adjacent to an activating group) is 1. The molecule has 4 nitrogen and oxygen atoms in total. The molecule has 1 fully saturated rings. The summed E-state index contributed by atoms with van der Waals surface area (Å²) >= 11 is 0. The Labute approximate surface area is 108 Å². The molecule has 98 valence electrons. The third kappa shape index (κ3) is 2.64. The summed E-state index contributed by atoms with van der Waals surface area (Å²) in [6.45, 7) is 4.36. The third-order valence-electron chi connectivity index (χ3n) is 3.54. The lowest BCUT2D eigenvalue weighted by atomic mass is 10.1. The number of carbonyl (C=O) groups is 1. The van der Waals surface area contributed by atoms with Crippen LogP contribution >= 0.6 is 0 Å². The molecule has 1 N–H and O–H groups in total. The van der Waals surface area contributed by atoms with Gasteiger partial charge in [0.15, 0.2) is 0 Å². The van der Waals surface area contributed by atoms with Gasteiger partial charge < -0.3 is 14.9 Å². The molecule has 1 heterocycles. The maximum absolute atomic E-state index is 11.3. The Bertz CT molecular complexity index is 416. The van der Waals surface area contributed by atoms with E-state index in [4.69, 9.17) is 0 Å². The lowest BCUT2D eigenvalue weighted by molar-refractivity contribution is -0.139. The first kappa shape index (κ1) is 12.9. The second-order valence-electron chi connectivity index (χ2n) is 4.83. The zero-order chi connectivity index (χ0) is 13.1. The lowest BCUT2D eigenvalue weighted by Gasteiger charge is -2.39. The molecule has 0 spiro atoms. The van der Waals surface area contributed by atoms with E-state index in [1.165, 1.54) is 5.56 Å².